The largest absolute Gasteiger partial charge is 0.454 e. The van der Waals surface area contributed by atoms with Crippen LogP contribution >= 0.6 is 0 Å². The molecule has 5 nitrogen and oxygen atoms in total. The standard InChI is InChI=1S/C23H21FN4O.C2H6/c1-14-5-2-3-8-18(14)29-19-10-9-16(13-17(19)24)20-21-22(25)26-11-12-28(21)23(27-20)15-6-4-7-15;1-2/h2-3,5,8-13,15H,4,6-7H2,1H3,(H2,25,26);1-2H3. The van der Waals surface area contributed by atoms with E-state index >= 15 is 0 Å². The first kappa shape index (κ1) is 20.8. The highest BCUT2D eigenvalue weighted by Crippen LogP contribution is 2.40. The Morgan fingerprint density at radius 1 is 1.10 bits per heavy atom. The molecule has 2 aromatic carbocycles. The van der Waals surface area contributed by atoms with Gasteiger partial charge < -0.3 is 10.5 Å². The summed E-state index contributed by atoms with van der Waals surface area (Å²) in [6, 6.07) is 12.4. The Labute approximate surface area is 181 Å². The molecule has 0 aliphatic heterocycles. The lowest BCUT2D eigenvalue weighted by Crippen LogP contribution is -2.12. The lowest BCUT2D eigenvalue weighted by molar-refractivity contribution is 0.400. The Morgan fingerprint density at radius 3 is 2.55 bits per heavy atom. The molecule has 0 saturated heterocycles. The number of fused-ring (bicyclic) bond motifs is 1. The zero-order chi connectivity index (χ0) is 22.0. The van der Waals surface area contributed by atoms with E-state index in [9.17, 15) is 4.39 Å². The van der Waals surface area contributed by atoms with Gasteiger partial charge >= 0.3 is 0 Å². The van der Waals surface area contributed by atoms with Crippen LogP contribution in [-0.2, 0) is 0 Å². The van der Waals surface area contributed by atoms with Crippen molar-refractivity contribution in [1.29, 1.82) is 0 Å². The number of ether oxygens (including phenoxy) is 1. The van der Waals surface area contributed by atoms with Crippen LogP contribution in [0.1, 0.15) is 50.4 Å². The minimum absolute atomic E-state index is 0.178. The smallest absolute Gasteiger partial charge is 0.166 e. The van der Waals surface area contributed by atoms with Crippen molar-refractivity contribution in [3.05, 3.63) is 72.1 Å². The summed E-state index contributed by atoms with van der Waals surface area (Å²) in [4.78, 5) is 9.06. The lowest BCUT2D eigenvalue weighted by Gasteiger charge is -2.23. The second kappa shape index (κ2) is 8.76. The molecule has 5 rings (SSSR count). The molecule has 6 heteroatoms. The topological polar surface area (TPSA) is 65.4 Å². The van der Waals surface area contributed by atoms with Crippen LogP contribution in [0.5, 0.6) is 11.5 Å². The Morgan fingerprint density at radius 2 is 1.87 bits per heavy atom. The van der Waals surface area contributed by atoms with E-state index in [1.165, 1.54) is 12.5 Å². The molecule has 2 N–H and O–H groups in total. The van der Waals surface area contributed by atoms with Gasteiger partial charge in [-0.2, -0.15) is 0 Å². The van der Waals surface area contributed by atoms with Gasteiger partial charge in [-0.05, 0) is 49.6 Å². The third-order valence-electron chi connectivity index (χ3n) is 5.60. The van der Waals surface area contributed by atoms with Crippen molar-refractivity contribution < 1.29 is 9.13 Å². The maximum absolute atomic E-state index is 14.9. The number of nitrogens with two attached hydrogens (primary N) is 1. The van der Waals surface area contributed by atoms with Crippen molar-refractivity contribution in [3.8, 4) is 22.8 Å². The Kier molecular flexibility index (Phi) is 5.89. The maximum Gasteiger partial charge on any atom is 0.166 e. The van der Waals surface area contributed by atoms with Gasteiger partial charge in [-0.25, -0.2) is 14.4 Å². The summed E-state index contributed by atoms with van der Waals surface area (Å²) in [5.74, 6) is 2.13. The number of hydrogen-bond donors (Lipinski definition) is 1. The summed E-state index contributed by atoms with van der Waals surface area (Å²) in [5.41, 5.74) is 9.14. The third kappa shape index (κ3) is 3.85. The number of halogens is 1. The number of para-hydroxylation sites is 1. The summed E-state index contributed by atoms with van der Waals surface area (Å²) in [7, 11) is 0. The van der Waals surface area contributed by atoms with Crippen LogP contribution in [0.25, 0.3) is 16.8 Å². The number of nitrogens with zero attached hydrogens (tertiary/aromatic N) is 3. The Bertz CT molecular complexity index is 1210. The monoisotopic (exact) mass is 418 g/mol. The molecule has 2 aromatic heterocycles. The predicted molar refractivity (Wildman–Crippen MR) is 122 cm³/mol. The van der Waals surface area contributed by atoms with Crippen molar-refractivity contribution >= 4 is 11.3 Å². The van der Waals surface area contributed by atoms with Crippen LogP contribution in [0.15, 0.2) is 54.9 Å². The molecule has 1 saturated carbocycles. The fourth-order valence-electron chi connectivity index (χ4n) is 3.76. The molecule has 0 unspecified atom stereocenters. The lowest BCUT2D eigenvalue weighted by atomic mass is 9.85. The minimum atomic E-state index is -0.445. The van der Waals surface area contributed by atoms with Crippen LogP contribution in [0.3, 0.4) is 0 Å². The number of hydrogen-bond acceptors (Lipinski definition) is 4. The molecule has 2 heterocycles. The Hall–Kier alpha value is -3.41. The van der Waals surface area contributed by atoms with E-state index in [0.717, 1.165) is 29.7 Å². The van der Waals surface area contributed by atoms with Gasteiger partial charge in [0.05, 0.1) is 0 Å². The molecule has 0 atom stereocenters. The number of aryl methyl sites for hydroxylation is 1. The van der Waals surface area contributed by atoms with E-state index in [0.29, 0.717) is 28.7 Å². The summed E-state index contributed by atoms with van der Waals surface area (Å²) < 4.78 is 22.7. The predicted octanol–water partition coefficient (Wildman–Crippen LogP) is 6.51. The second-order valence-electron chi connectivity index (χ2n) is 7.49. The van der Waals surface area contributed by atoms with Crippen LogP contribution in [0.2, 0.25) is 0 Å². The van der Waals surface area contributed by atoms with Gasteiger partial charge in [0.1, 0.15) is 28.6 Å². The quantitative estimate of drug-likeness (QED) is 0.410. The summed E-state index contributed by atoms with van der Waals surface area (Å²) in [5, 5.41) is 0. The average Bonchev–Trinajstić information content (AvgIpc) is 3.12. The fourth-order valence-corrected chi connectivity index (χ4v) is 3.76. The van der Waals surface area contributed by atoms with Gasteiger partial charge in [-0.15, -0.1) is 0 Å². The van der Waals surface area contributed by atoms with Crippen molar-refractivity contribution in [2.75, 3.05) is 5.73 Å². The van der Waals surface area contributed by atoms with Gasteiger partial charge in [-0.1, -0.05) is 38.5 Å². The number of anilines is 1. The molecule has 1 aliphatic carbocycles. The number of aromatic nitrogens is 3. The van der Waals surface area contributed by atoms with Crippen LogP contribution in [0, 0.1) is 12.7 Å². The molecule has 0 radical (unpaired) electrons. The first-order valence-electron chi connectivity index (χ1n) is 10.8. The van der Waals surface area contributed by atoms with Crippen LogP contribution in [0.4, 0.5) is 10.2 Å². The van der Waals surface area contributed by atoms with Crippen molar-refractivity contribution in [1.82, 2.24) is 14.4 Å². The zero-order valence-corrected chi connectivity index (χ0v) is 18.1. The van der Waals surface area contributed by atoms with Crippen LogP contribution in [-0.4, -0.2) is 14.4 Å². The van der Waals surface area contributed by atoms with Gasteiger partial charge in [-0.3, -0.25) is 4.40 Å². The number of imidazole rings is 1. The average molecular weight is 419 g/mol. The first-order chi connectivity index (χ1) is 15.1. The molecular weight excluding hydrogens is 391 g/mol. The fraction of sp³-hybridized carbons (Fsp3) is 0.280. The molecule has 31 heavy (non-hydrogen) atoms. The van der Waals surface area contributed by atoms with Gasteiger partial charge in [0.25, 0.3) is 0 Å². The number of rotatable bonds is 4. The summed E-state index contributed by atoms with van der Waals surface area (Å²) >= 11 is 0. The summed E-state index contributed by atoms with van der Waals surface area (Å²) in [6.07, 6.45) is 6.98. The van der Waals surface area contributed by atoms with E-state index in [1.54, 1.807) is 12.3 Å². The molecule has 1 fully saturated rings. The van der Waals surface area contributed by atoms with Crippen LogP contribution < -0.4 is 10.5 Å². The van der Waals surface area contributed by atoms with Gasteiger partial charge in [0, 0.05) is 23.9 Å². The SMILES string of the molecule is CC.Cc1ccccc1Oc1ccc(-c2nc(C3CCC3)n3ccnc(N)c23)cc1F. The van der Waals surface area contributed by atoms with Crippen molar-refractivity contribution in [2.24, 2.45) is 0 Å². The van der Waals surface area contributed by atoms with Crippen molar-refractivity contribution in [3.63, 3.8) is 0 Å². The van der Waals surface area contributed by atoms with Gasteiger partial charge in [0.2, 0.25) is 0 Å². The molecule has 160 valence electrons. The molecule has 4 aromatic rings. The molecule has 0 bridgehead atoms. The van der Waals surface area contributed by atoms with E-state index in [2.05, 4.69) is 4.98 Å². The maximum atomic E-state index is 14.9. The van der Waals surface area contributed by atoms with Gasteiger partial charge in [0.15, 0.2) is 11.6 Å². The normalized spacial score (nSPS) is 13.4. The number of benzene rings is 2. The molecule has 0 spiro atoms. The van der Waals surface area contributed by atoms with E-state index in [-0.39, 0.29) is 5.75 Å². The highest BCUT2D eigenvalue weighted by molar-refractivity contribution is 5.85. The first-order valence-corrected chi connectivity index (χ1v) is 10.8. The van der Waals surface area contributed by atoms with E-state index in [1.807, 2.05) is 61.7 Å². The highest BCUT2D eigenvalue weighted by atomic mass is 19.1. The minimum Gasteiger partial charge on any atom is -0.454 e. The molecule has 1 aliphatic rings. The highest BCUT2D eigenvalue weighted by Gasteiger charge is 2.27. The number of nitrogen functional groups attached to an aromatic ring is 1. The molecule has 0 amide bonds. The summed E-state index contributed by atoms with van der Waals surface area (Å²) in [6.45, 7) is 5.93. The molecular formula is C25H27FN4O. The Balaban J connectivity index is 0.00000112. The zero-order valence-electron chi connectivity index (χ0n) is 18.1. The van der Waals surface area contributed by atoms with Crippen molar-refractivity contribution in [2.45, 2.75) is 46.0 Å². The third-order valence-corrected chi connectivity index (χ3v) is 5.60. The van der Waals surface area contributed by atoms with E-state index < -0.39 is 5.82 Å². The second-order valence-corrected chi connectivity index (χ2v) is 7.49. The van der Waals surface area contributed by atoms with E-state index in [4.69, 9.17) is 15.5 Å².